The second kappa shape index (κ2) is 10.8. The van der Waals surface area contributed by atoms with Gasteiger partial charge < -0.3 is 15.2 Å². The quantitative estimate of drug-likeness (QED) is 0.214. The van der Waals surface area contributed by atoms with Crippen LogP contribution in [0.25, 0.3) is 0 Å². The van der Waals surface area contributed by atoms with E-state index in [4.69, 9.17) is 0 Å². The molecule has 0 aliphatic heterocycles. The molecule has 3 aliphatic carbocycles. The second-order valence-electron chi connectivity index (χ2n) is 11.0. The first-order chi connectivity index (χ1) is 16.5. The SMILES string of the molecule is C=C(C)CNC(=C)C(=C)CC#CC(C(=C)NCC12CCC(C(=C)C)(CC1)CC2)n1c(C)cnc1C. The van der Waals surface area contributed by atoms with Gasteiger partial charge in [-0.2, -0.15) is 0 Å². The fourth-order valence-corrected chi connectivity index (χ4v) is 5.57. The van der Waals surface area contributed by atoms with Gasteiger partial charge in [-0.3, -0.25) is 0 Å². The number of nitrogens with zero attached hydrogens (tertiary/aromatic N) is 2. The minimum Gasteiger partial charge on any atom is -0.386 e. The predicted molar refractivity (Wildman–Crippen MR) is 149 cm³/mol. The first-order valence-corrected chi connectivity index (χ1v) is 12.8. The number of hydrogen-bond acceptors (Lipinski definition) is 3. The van der Waals surface area contributed by atoms with Crippen LogP contribution in [0.3, 0.4) is 0 Å². The smallest absolute Gasteiger partial charge is 0.135 e. The maximum atomic E-state index is 4.51. The van der Waals surface area contributed by atoms with E-state index < -0.39 is 0 Å². The lowest BCUT2D eigenvalue weighted by atomic mass is 9.52. The van der Waals surface area contributed by atoms with E-state index in [1.807, 2.05) is 20.0 Å². The highest BCUT2D eigenvalue weighted by molar-refractivity contribution is 5.31. The summed E-state index contributed by atoms with van der Waals surface area (Å²) in [6, 6.07) is -0.181. The molecule has 4 heteroatoms. The topological polar surface area (TPSA) is 41.9 Å². The third-order valence-corrected chi connectivity index (χ3v) is 8.32. The number of imidazole rings is 1. The molecule has 2 N–H and O–H groups in total. The Morgan fingerprint density at radius 2 is 1.66 bits per heavy atom. The summed E-state index contributed by atoms with van der Waals surface area (Å²) in [4.78, 5) is 4.51. The van der Waals surface area contributed by atoms with Crippen LogP contribution >= 0.6 is 0 Å². The summed E-state index contributed by atoms with van der Waals surface area (Å²) in [6.45, 7) is 30.9. The zero-order chi connectivity index (χ0) is 25.8. The Morgan fingerprint density at radius 1 is 1.03 bits per heavy atom. The Labute approximate surface area is 213 Å². The first kappa shape index (κ1) is 26.7. The number of allylic oxidation sites excluding steroid dienone is 3. The van der Waals surface area contributed by atoms with E-state index in [1.165, 1.54) is 44.1 Å². The van der Waals surface area contributed by atoms with Gasteiger partial charge >= 0.3 is 0 Å². The van der Waals surface area contributed by atoms with Gasteiger partial charge in [-0.25, -0.2) is 4.98 Å². The number of hydrogen-bond donors (Lipinski definition) is 2. The number of rotatable bonds is 11. The molecular weight excluding hydrogens is 428 g/mol. The van der Waals surface area contributed by atoms with Crippen LogP contribution in [0, 0.1) is 36.5 Å². The summed E-state index contributed by atoms with van der Waals surface area (Å²) in [6.07, 6.45) is 10.0. The fraction of sp³-hybridized carbons (Fsp3) is 0.516. The van der Waals surface area contributed by atoms with Crippen molar-refractivity contribution in [3.63, 3.8) is 0 Å². The van der Waals surface area contributed by atoms with Crippen molar-refractivity contribution in [1.29, 1.82) is 0 Å². The van der Waals surface area contributed by atoms with E-state index in [2.05, 4.69) is 78.8 Å². The van der Waals surface area contributed by atoms with Crippen molar-refractivity contribution in [1.82, 2.24) is 20.2 Å². The Kier molecular flexibility index (Phi) is 8.21. The molecule has 1 unspecified atom stereocenters. The number of nitrogens with one attached hydrogen (secondary N) is 2. The Morgan fingerprint density at radius 3 is 2.17 bits per heavy atom. The lowest BCUT2D eigenvalue weighted by Gasteiger charge is -2.54. The van der Waals surface area contributed by atoms with Crippen molar-refractivity contribution in [2.75, 3.05) is 13.1 Å². The summed E-state index contributed by atoms with van der Waals surface area (Å²) >= 11 is 0. The number of fused-ring (bicyclic) bond motifs is 3. The lowest BCUT2D eigenvalue weighted by Crippen LogP contribution is -2.47. The Bertz CT molecular complexity index is 1040. The largest absolute Gasteiger partial charge is 0.386 e. The molecule has 35 heavy (non-hydrogen) atoms. The molecule has 3 saturated carbocycles. The molecule has 2 bridgehead atoms. The molecule has 1 heterocycles. The predicted octanol–water partition coefficient (Wildman–Crippen LogP) is 6.69. The van der Waals surface area contributed by atoms with E-state index in [1.54, 1.807) is 0 Å². The molecule has 1 aromatic rings. The van der Waals surface area contributed by atoms with Crippen molar-refractivity contribution in [3.8, 4) is 11.8 Å². The molecule has 4 rings (SSSR count). The van der Waals surface area contributed by atoms with Crippen LogP contribution in [0.15, 0.2) is 67.2 Å². The van der Waals surface area contributed by atoms with Gasteiger partial charge in [-0.15, -0.1) is 0 Å². The van der Waals surface area contributed by atoms with Crippen molar-refractivity contribution < 1.29 is 0 Å². The van der Waals surface area contributed by atoms with Gasteiger partial charge in [0.25, 0.3) is 0 Å². The van der Waals surface area contributed by atoms with Crippen LogP contribution < -0.4 is 10.6 Å². The minimum absolute atomic E-state index is 0.181. The van der Waals surface area contributed by atoms with Gasteiger partial charge in [0.2, 0.25) is 0 Å². The summed E-state index contributed by atoms with van der Waals surface area (Å²) < 4.78 is 2.17. The third-order valence-electron chi connectivity index (χ3n) is 8.32. The summed E-state index contributed by atoms with van der Waals surface area (Å²) in [5.74, 6) is 7.73. The van der Waals surface area contributed by atoms with Gasteiger partial charge in [-0.05, 0) is 82.6 Å². The second-order valence-corrected chi connectivity index (χ2v) is 11.0. The summed E-state index contributed by atoms with van der Waals surface area (Å²) in [5, 5.41) is 6.97. The number of aromatic nitrogens is 2. The Balaban J connectivity index is 1.69. The van der Waals surface area contributed by atoms with E-state index in [0.29, 0.717) is 23.8 Å². The molecule has 1 atom stereocenters. The van der Waals surface area contributed by atoms with Crippen molar-refractivity contribution in [2.45, 2.75) is 78.7 Å². The monoisotopic (exact) mass is 472 g/mol. The molecule has 3 aliphatic rings. The van der Waals surface area contributed by atoms with Crippen molar-refractivity contribution in [2.24, 2.45) is 10.8 Å². The van der Waals surface area contributed by atoms with Crippen molar-refractivity contribution >= 4 is 0 Å². The molecule has 0 radical (unpaired) electrons. The van der Waals surface area contributed by atoms with Crippen LogP contribution in [-0.2, 0) is 0 Å². The Hall–Kier alpha value is -2.93. The molecule has 0 spiro atoms. The van der Waals surface area contributed by atoms with E-state index in [9.17, 15) is 0 Å². The highest BCUT2D eigenvalue weighted by Crippen LogP contribution is 2.59. The minimum atomic E-state index is -0.181. The molecule has 4 nitrogen and oxygen atoms in total. The van der Waals surface area contributed by atoms with Gasteiger partial charge in [0, 0.05) is 42.8 Å². The molecule has 0 amide bonds. The molecule has 188 valence electrons. The maximum Gasteiger partial charge on any atom is 0.135 e. The van der Waals surface area contributed by atoms with Crippen LogP contribution in [0.1, 0.15) is 76.4 Å². The highest BCUT2D eigenvalue weighted by atomic mass is 15.1. The molecule has 3 fully saturated rings. The standard InChI is InChI=1S/C31H44N4/c1-22(2)19-32-26(7)24(5)11-10-12-29(35-25(6)20-33-28(35)9)27(8)34-21-30-13-16-31(17-14-30,18-15-30)23(3)4/h20,29,32,34H,1,3,5,7-8,11,13-19,21H2,2,4,6,9H3. The highest BCUT2D eigenvalue weighted by Gasteiger charge is 2.48. The maximum absolute atomic E-state index is 4.51. The van der Waals surface area contributed by atoms with Gasteiger partial charge in [-0.1, -0.05) is 55.9 Å². The van der Waals surface area contributed by atoms with Crippen LogP contribution in [0.2, 0.25) is 0 Å². The van der Waals surface area contributed by atoms with Crippen LogP contribution in [0.5, 0.6) is 0 Å². The van der Waals surface area contributed by atoms with E-state index in [-0.39, 0.29) is 6.04 Å². The molecule has 0 aromatic carbocycles. The molecule has 0 saturated heterocycles. The third kappa shape index (κ3) is 6.01. The van der Waals surface area contributed by atoms with Gasteiger partial charge in [0.05, 0.1) is 0 Å². The fourth-order valence-electron chi connectivity index (χ4n) is 5.57. The zero-order valence-corrected chi connectivity index (χ0v) is 22.4. The lowest BCUT2D eigenvalue weighted by molar-refractivity contribution is 0.0166. The summed E-state index contributed by atoms with van der Waals surface area (Å²) in [7, 11) is 0. The van der Waals surface area contributed by atoms with E-state index >= 15 is 0 Å². The average molecular weight is 473 g/mol. The molecular formula is C31H44N4. The van der Waals surface area contributed by atoms with E-state index in [0.717, 1.165) is 40.6 Å². The van der Waals surface area contributed by atoms with Gasteiger partial charge in [0.15, 0.2) is 0 Å². The molecule has 1 aromatic heterocycles. The first-order valence-electron chi connectivity index (χ1n) is 12.8. The zero-order valence-electron chi connectivity index (χ0n) is 22.4. The normalized spacial score (nSPS) is 23.5. The van der Waals surface area contributed by atoms with Crippen LogP contribution in [0.4, 0.5) is 0 Å². The number of aryl methyl sites for hydroxylation is 2. The summed E-state index contributed by atoms with van der Waals surface area (Å²) in [5.41, 5.74) is 6.90. The average Bonchev–Trinajstić information content (AvgIpc) is 3.17. The van der Waals surface area contributed by atoms with Crippen LogP contribution in [-0.4, -0.2) is 22.6 Å². The van der Waals surface area contributed by atoms with Gasteiger partial charge in [0.1, 0.15) is 11.9 Å². The van der Waals surface area contributed by atoms with Crippen molar-refractivity contribution in [3.05, 3.63) is 78.7 Å².